The Kier molecular flexibility index (Phi) is 4.17. The van der Waals surface area contributed by atoms with Crippen LogP contribution in [0, 0.1) is 11.8 Å². The van der Waals surface area contributed by atoms with Crippen LogP contribution in [0.15, 0.2) is 0 Å². The van der Waals surface area contributed by atoms with Crippen molar-refractivity contribution in [3.8, 4) is 0 Å². The van der Waals surface area contributed by atoms with Crippen molar-refractivity contribution in [2.75, 3.05) is 6.54 Å². The van der Waals surface area contributed by atoms with Crippen LogP contribution in [0.5, 0.6) is 0 Å². The molecule has 1 N–H and O–H groups in total. The first-order valence-corrected chi connectivity index (χ1v) is 6.35. The normalized spacial score (nSPS) is 27.0. The molecule has 2 atom stereocenters. The van der Waals surface area contributed by atoms with E-state index in [0.29, 0.717) is 13.0 Å². The van der Waals surface area contributed by atoms with E-state index >= 15 is 0 Å². The third-order valence-electron chi connectivity index (χ3n) is 4.01. The van der Waals surface area contributed by atoms with Crippen LogP contribution >= 0.6 is 0 Å². The number of aliphatic carboxylic acids is 1. The molecule has 1 heterocycles. The zero-order valence-corrected chi connectivity index (χ0v) is 11.2. The summed E-state index contributed by atoms with van der Waals surface area (Å²) in [6.07, 6.45) is 2.33. The molecule has 17 heavy (non-hydrogen) atoms. The first-order chi connectivity index (χ1) is 7.80. The van der Waals surface area contributed by atoms with Gasteiger partial charge in [0.25, 0.3) is 0 Å². The molecular formula is C13H23NO3. The molecule has 1 fully saturated rings. The number of rotatable bonds is 3. The second-order valence-electron chi connectivity index (χ2n) is 5.56. The molecule has 1 rings (SSSR count). The van der Waals surface area contributed by atoms with E-state index in [2.05, 4.69) is 0 Å². The minimum absolute atomic E-state index is 0.0235. The van der Waals surface area contributed by atoms with Gasteiger partial charge >= 0.3 is 5.97 Å². The number of likely N-dealkylation sites (tertiary alicyclic amines) is 1. The molecular weight excluding hydrogens is 218 g/mol. The molecule has 98 valence electrons. The summed E-state index contributed by atoms with van der Waals surface area (Å²) >= 11 is 0. The van der Waals surface area contributed by atoms with Crippen molar-refractivity contribution in [3.05, 3.63) is 0 Å². The quantitative estimate of drug-likeness (QED) is 0.823. The summed E-state index contributed by atoms with van der Waals surface area (Å²) < 4.78 is 0. The predicted octanol–water partition coefficient (Wildman–Crippen LogP) is 2.13. The summed E-state index contributed by atoms with van der Waals surface area (Å²) in [6, 6.07) is 0. The van der Waals surface area contributed by atoms with Gasteiger partial charge in [-0.25, -0.2) is 4.79 Å². The van der Waals surface area contributed by atoms with E-state index in [-0.39, 0.29) is 17.7 Å². The molecule has 4 heteroatoms. The average molecular weight is 241 g/mol. The van der Waals surface area contributed by atoms with Gasteiger partial charge in [0.2, 0.25) is 5.91 Å². The molecule has 1 saturated heterocycles. The molecule has 0 bridgehead atoms. The van der Waals surface area contributed by atoms with Crippen LogP contribution in [0.3, 0.4) is 0 Å². The number of carboxylic acids is 1. The van der Waals surface area contributed by atoms with Crippen molar-refractivity contribution in [1.29, 1.82) is 0 Å². The highest BCUT2D eigenvalue weighted by Crippen LogP contribution is 2.30. The smallest absolute Gasteiger partial charge is 0.329 e. The van der Waals surface area contributed by atoms with E-state index in [0.717, 1.165) is 12.8 Å². The molecule has 0 aromatic heterocycles. The van der Waals surface area contributed by atoms with Gasteiger partial charge in [-0.2, -0.15) is 0 Å². The Morgan fingerprint density at radius 3 is 2.29 bits per heavy atom. The van der Waals surface area contributed by atoms with E-state index < -0.39 is 11.5 Å². The second-order valence-corrected chi connectivity index (χ2v) is 5.56. The second kappa shape index (κ2) is 5.07. The Hall–Kier alpha value is -1.06. The average Bonchev–Trinajstić information content (AvgIpc) is 2.27. The van der Waals surface area contributed by atoms with Gasteiger partial charge in [0, 0.05) is 12.5 Å². The highest BCUT2D eigenvalue weighted by atomic mass is 16.4. The maximum absolute atomic E-state index is 12.3. The minimum Gasteiger partial charge on any atom is -0.480 e. The highest BCUT2D eigenvalue weighted by molar-refractivity contribution is 5.88. The summed E-state index contributed by atoms with van der Waals surface area (Å²) in [5, 5.41) is 9.34. The fourth-order valence-electron chi connectivity index (χ4n) is 2.23. The van der Waals surface area contributed by atoms with E-state index in [1.54, 1.807) is 11.8 Å². The first kappa shape index (κ1) is 14.0. The summed E-state index contributed by atoms with van der Waals surface area (Å²) in [6.45, 7) is 8.09. The maximum atomic E-state index is 12.3. The van der Waals surface area contributed by atoms with Crippen LogP contribution in [0.25, 0.3) is 0 Å². The lowest BCUT2D eigenvalue weighted by Crippen LogP contribution is -2.59. The maximum Gasteiger partial charge on any atom is 0.329 e. The lowest BCUT2D eigenvalue weighted by atomic mass is 9.86. The minimum atomic E-state index is -1.02. The Bertz CT molecular complexity index is 314. The lowest BCUT2D eigenvalue weighted by Gasteiger charge is -2.43. The van der Waals surface area contributed by atoms with Gasteiger partial charge in [0.05, 0.1) is 0 Å². The van der Waals surface area contributed by atoms with Crippen molar-refractivity contribution >= 4 is 11.9 Å². The molecule has 1 aliphatic heterocycles. The molecule has 1 amide bonds. The Balaban J connectivity index is 2.93. The number of nitrogens with zero attached hydrogens (tertiary/aromatic N) is 1. The monoisotopic (exact) mass is 241 g/mol. The number of piperidine rings is 1. The molecule has 0 spiro atoms. The van der Waals surface area contributed by atoms with Crippen LogP contribution < -0.4 is 0 Å². The Morgan fingerprint density at radius 2 is 1.82 bits per heavy atom. The van der Waals surface area contributed by atoms with Gasteiger partial charge in [0.15, 0.2) is 0 Å². The largest absolute Gasteiger partial charge is 0.480 e. The molecule has 0 aromatic rings. The highest BCUT2D eigenvalue weighted by Gasteiger charge is 2.44. The fraction of sp³-hybridized carbons (Fsp3) is 0.846. The van der Waals surface area contributed by atoms with Crippen LogP contribution in [0.4, 0.5) is 0 Å². The molecule has 4 nitrogen and oxygen atoms in total. The summed E-state index contributed by atoms with van der Waals surface area (Å²) in [7, 11) is 0. The predicted molar refractivity (Wildman–Crippen MR) is 65.6 cm³/mol. The van der Waals surface area contributed by atoms with Gasteiger partial charge in [-0.3, -0.25) is 4.79 Å². The molecule has 0 radical (unpaired) electrons. The molecule has 0 aliphatic carbocycles. The summed E-state index contributed by atoms with van der Waals surface area (Å²) in [4.78, 5) is 25.3. The standard InChI is InChI=1S/C13H23NO3/c1-9(2)10(3)11(15)14-8-6-5-7-13(14,4)12(16)17/h9-10H,5-8H2,1-4H3,(H,16,17). The van der Waals surface area contributed by atoms with Gasteiger partial charge in [0.1, 0.15) is 5.54 Å². The van der Waals surface area contributed by atoms with Crippen molar-refractivity contribution in [2.24, 2.45) is 11.8 Å². The van der Waals surface area contributed by atoms with Crippen molar-refractivity contribution < 1.29 is 14.7 Å². The Morgan fingerprint density at radius 1 is 1.24 bits per heavy atom. The number of amides is 1. The first-order valence-electron chi connectivity index (χ1n) is 6.35. The molecule has 0 aromatic carbocycles. The SMILES string of the molecule is CC(C)C(C)C(=O)N1CCCCC1(C)C(=O)O. The van der Waals surface area contributed by atoms with Crippen LogP contribution in [0.1, 0.15) is 47.0 Å². The van der Waals surface area contributed by atoms with Gasteiger partial charge in [-0.1, -0.05) is 20.8 Å². The topological polar surface area (TPSA) is 57.6 Å². The third kappa shape index (κ3) is 2.61. The number of carbonyl (C=O) groups is 2. The zero-order valence-electron chi connectivity index (χ0n) is 11.2. The Labute approximate surface area is 103 Å². The van der Waals surface area contributed by atoms with E-state index in [1.165, 1.54) is 0 Å². The molecule has 0 saturated carbocycles. The number of hydrogen-bond acceptors (Lipinski definition) is 2. The summed E-state index contributed by atoms with van der Waals surface area (Å²) in [5.74, 6) is -0.791. The van der Waals surface area contributed by atoms with E-state index in [9.17, 15) is 14.7 Å². The zero-order chi connectivity index (χ0) is 13.2. The summed E-state index contributed by atoms with van der Waals surface area (Å²) in [5.41, 5.74) is -1.02. The van der Waals surface area contributed by atoms with Gasteiger partial charge in [-0.05, 0) is 32.1 Å². The van der Waals surface area contributed by atoms with Crippen LogP contribution in [-0.2, 0) is 9.59 Å². The number of carboxylic acid groups (broad SMARTS) is 1. The fourth-order valence-corrected chi connectivity index (χ4v) is 2.23. The third-order valence-corrected chi connectivity index (χ3v) is 4.01. The number of carbonyl (C=O) groups excluding carboxylic acids is 1. The van der Waals surface area contributed by atoms with E-state index in [4.69, 9.17) is 0 Å². The van der Waals surface area contributed by atoms with Gasteiger partial charge < -0.3 is 10.0 Å². The van der Waals surface area contributed by atoms with Crippen molar-refractivity contribution in [1.82, 2.24) is 4.90 Å². The molecule has 1 aliphatic rings. The van der Waals surface area contributed by atoms with Gasteiger partial charge in [-0.15, -0.1) is 0 Å². The van der Waals surface area contributed by atoms with Crippen LogP contribution in [-0.4, -0.2) is 34.0 Å². The van der Waals surface area contributed by atoms with Crippen molar-refractivity contribution in [2.45, 2.75) is 52.5 Å². The molecule has 2 unspecified atom stereocenters. The number of hydrogen-bond donors (Lipinski definition) is 1. The lowest BCUT2D eigenvalue weighted by molar-refractivity contribution is -0.163. The van der Waals surface area contributed by atoms with Crippen molar-refractivity contribution in [3.63, 3.8) is 0 Å². The van der Waals surface area contributed by atoms with E-state index in [1.807, 2.05) is 20.8 Å². The van der Waals surface area contributed by atoms with Crippen LogP contribution in [0.2, 0.25) is 0 Å².